The van der Waals surface area contributed by atoms with Gasteiger partial charge < -0.3 is 11.5 Å². The van der Waals surface area contributed by atoms with Gasteiger partial charge in [-0.1, -0.05) is 37.1 Å². The van der Waals surface area contributed by atoms with E-state index in [4.69, 9.17) is 11.5 Å². The molecule has 0 bridgehead atoms. The molecular formula is C26H36N4. The number of allylic oxidation sites excluding steroid dienone is 4. The second-order valence-electron chi connectivity index (χ2n) is 9.26. The lowest BCUT2D eigenvalue weighted by Crippen LogP contribution is -2.12. The highest BCUT2D eigenvalue weighted by molar-refractivity contribution is 5.47. The first-order chi connectivity index (χ1) is 14.3. The molecule has 0 aliphatic heterocycles. The van der Waals surface area contributed by atoms with Crippen molar-refractivity contribution >= 4 is 11.4 Å². The van der Waals surface area contributed by atoms with Crippen LogP contribution in [0.25, 0.3) is 0 Å². The van der Waals surface area contributed by atoms with Gasteiger partial charge in [0.05, 0.1) is 23.8 Å². The van der Waals surface area contributed by atoms with Crippen molar-refractivity contribution in [3.05, 3.63) is 71.3 Å². The number of hydrogen-bond acceptors (Lipinski definition) is 4. The van der Waals surface area contributed by atoms with Gasteiger partial charge in [0.2, 0.25) is 0 Å². The van der Waals surface area contributed by atoms with E-state index in [2.05, 4.69) is 61.9 Å². The van der Waals surface area contributed by atoms with E-state index in [0.717, 1.165) is 24.2 Å². The third kappa shape index (κ3) is 5.71. The molecule has 4 heteroatoms. The average molecular weight is 405 g/mol. The summed E-state index contributed by atoms with van der Waals surface area (Å²) in [5.74, 6) is 2.48. The van der Waals surface area contributed by atoms with E-state index >= 15 is 0 Å². The number of anilines is 2. The van der Waals surface area contributed by atoms with Crippen molar-refractivity contribution in [3.8, 4) is 0 Å². The van der Waals surface area contributed by atoms with Gasteiger partial charge in [-0.15, -0.1) is 0 Å². The zero-order valence-electron chi connectivity index (χ0n) is 18.8. The smallest absolute Gasteiger partial charge is 0.0536 e. The molecule has 2 aliphatic carbocycles. The van der Waals surface area contributed by atoms with Crippen LogP contribution in [-0.4, -0.2) is 9.97 Å². The van der Waals surface area contributed by atoms with Crippen molar-refractivity contribution in [2.75, 3.05) is 11.5 Å². The second kappa shape index (κ2) is 9.92. The topological polar surface area (TPSA) is 77.8 Å². The molecule has 0 unspecified atom stereocenters. The van der Waals surface area contributed by atoms with Crippen LogP contribution in [0.15, 0.2) is 60.2 Å². The zero-order chi connectivity index (χ0) is 21.7. The quantitative estimate of drug-likeness (QED) is 0.580. The zero-order valence-corrected chi connectivity index (χ0v) is 18.8. The first-order valence-electron chi connectivity index (χ1n) is 11.1. The van der Waals surface area contributed by atoms with E-state index in [1.165, 1.54) is 35.1 Å². The Morgan fingerprint density at radius 2 is 1.13 bits per heavy atom. The summed E-state index contributed by atoms with van der Waals surface area (Å²) in [6.45, 7) is 8.96. The molecule has 2 aromatic rings. The standard InChI is InChI=1S/2C13H18N2/c2*1-9-5-10(2)7-11(6-9)12-3-4-15-8-13(12)14/h2*3-5,8-9,11H,6-7,14H2,1-2H3/t2*9-,11-/m10/s1. The van der Waals surface area contributed by atoms with Gasteiger partial charge in [0.15, 0.2) is 0 Å². The lowest BCUT2D eigenvalue weighted by Gasteiger charge is -2.26. The van der Waals surface area contributed by atoms with Crippen molar-refractivity contribution in [2.45, 2.75) is 65.2 Å². The van der Waals surface area contributed by atoms with Gasteiger partial charge in [-0.3, -0.25) is 9.97 Å². The molecule has 30 heavy (non-hydrogen) atoms. The molecule has 2 aliphatic rings. The molecular weight excluding hydrogens is 368 g/mol. The van der Waals surface area contributed by atoms with Crippen LogP contribution in [0.1, 0.15) is 76.3 Å². The van der Waals surface area contributed by atoms with Crippen molar-refractivity contribution in [1.82, 2.24) is 9.97 Å². The lowest BCUT2D eigenvalue weighted by molar-refractivity contribution is 0.501. The minimum Gasteiger partial charge on any atom is -0.397 e. The van der Waals surface area contributed by atoms with E-state index in [1.54, 1.807) is 12.4 Å². The molecule has 4 atom stereocenters. The maximum Gasteiger partial charge on any atom is 0.0536 e. The van der Waals surface area contributed by atoms with Crippen LogP contribution >= 0.6 is 0 Å². The number of aromatic nitrogens is 2. The molecule has 0 amide bonds. The highest BCUT2D eigenvalue weighted by Crippen LogP contribution is 2.38. The first kappa shape index (κ1) is 22.1. The maximum atomic E-state index is 5.96. The van der Waals surface area contributed by atoms with Crippen LogP contribution in [0.2, 0.25) is 0 Å². The molecule has 0 saturated heterocycles. The number of hydrogen-bond donors (Lipinski definition) is 2. The summed E-state index contributed by atoms with van der Waals surface area (Å²) in [5.41, 5.74) is 19.1. The summed E-state index contributed by atoms with van der Waals surface area (Å²) in [4.78, 5) is 8.08. The third-order valence-corrected chi connectivity index (χ3v) is 6.24. The lowest BCUT2D eigenvalue weighted by atomic mass is 9.79. The fourth-order valence-corrected chi connectivity index (χ4v) is 5.14. The van der Waals surface area contributed by atoms with Gasteiger partial charge in [0, 0.05) is 12.4 Å². The largest absolute Gasteiger partial charge is 0.397 e. The maximum absolute atomic E-state index is 5.96. The molecule has 4 rings (SSSR count). The monoisotopic (exact) mass is 404 g/mol. The fourth-order valence-electron chi connectivity index (χ4n) is 5.14. The normalized spacial score (nSPS) is 26.1. The number of nitrogens with zero attached hydrogens (tertiary/aromatic N) is 2. The molecule has 0 spiro atoms. The van der Waals surface area contributed by atoms with Crippen LogP contribution in [0.4, 0.5) is 11.4 Å². The van der Waals surface area contributed by atoms with Crippen molar-refractivity contribution in [2.24, 2.45) is 11.8 Å². The highest BCUT2D eigenvalue weighted by atomic mass is 14.7. The Morgan fingerprint density at radius 1 is 0.733 bits per heavy atom. The van der Waals surface area contributed by atoms with Gasteiger partial charge in [-0.2, -0.15) is 0 Å². The molecule has 0 radical (unpaired) electrons. The van der Waals surface area contributed by atoms with E-state index in [9.17, 15) is 0 Å². The van der Waals surface area contributed by atoms with Crippen LogP contribution in [0.3, 0.4) is 0 Å². The summed E-state index contributed by atoms with van der Waals surface area (Å²) in [5, 5.41) is 0. The molecule has 2 aromatic heterocycles. The fraction of sp³-hybridized carbons (Fsp3) is 0.462. The molecule has 0 aromatic carbocycles. The minimum absolute atomic E-state index is 0.577. The molecule has 0 saturated carbocycles. The SMILES string of the molecule is CC1=C[C@@H](C)C[C@@H](c2ccncc2N)C1.CC1=C[C@H](C)C[C@H](c2ccncc2N)C1. The predicted octanol–water partition coefficient (Wildman–Crippen LogP) is 6.25. The minimum atomic E-state index is 0.577. The Kier molecular flexibility index (Phi) is 7.30. The highest BCUT2D eigenvalue weighted by Gasteiger charge is 2.22. The number of pyridine rings is 2. The van der Waals surface area contributed by atoms with Crippen molar-refractivity contribution in [1.29, 1.82) is 0 Å². The number of nitrogen functional groups attached to an aromatic ring is 2. The van der Waals surface area contributed by atoms with Crippen LogP contribution in [0.5, 0.6) is 0 Å². The van der Waals surface area contributed by atoms with Crippen LogP contribution < -0.4 is 11.5 Å². The predicted molar refractivity (Wildman–Crippen MR) is 127 cm³/mol. The van der Waals surface area contributed by atoms with E-state index in [0.29, 0.717) is 23.7 Å². The average Bonchev–Trinajstić information content (AvgIpc) is 2.68. The summed E-state index contributed by atoms with van der Waals surface area (Å²) < 4.78 is 0. The molecule has 160 valence electrons. The van der Waals surface area contributed by atoms with Crippen molar-refractivity contribution < 1.29 is 0 Å². The van der Waals surface area contributed by atoms with E-state index in [-0.39, 0.29) is 0 Å². The van der Waals surface area contributed by atoms with E-state index in [1.807, 2.05) is 12.4 Å². The van der Waals surface area contributed by atoms with Crippen LogP contribution in [-0.2, 0) is 0 Å². The Labute approximate surface area is 181 Å². The second-order valence-corrected chi connectivity index (χ2v) is 9.26. The Morgan fingerprint density at radius 3 is 1.47 bits per heavy atom. The number of nitrogens with two attached hydrogens (primary N) is 2. The number of rotatable bonds is 2. The molecule has 2 heterocycles. The van der Waals surface area contributed by atoms with Gasteiger partial charge in [0.1, 0.15) is 0 Å². The van der Waals surface area contributed by atoms with Gasteiger partial charge in [-0.25, -0.2) is 0 Å². The Bertz CT molecular complexity index is 839. The third-order valence-electron chi connectivity index (χ3n) is 6.24. The van der Waals surface area contributed by atoms with E-state index < -0.39 is 0 Å². The Balaban J connectivity index is 0.000000171. The summed E-state index contributed by atoms with van der Waals surface area (Å²) >= 11 is 0. The molecule has 4 N–H and O–H groups in total. The van der Waals surface area contributed by atoms with Gasteiger partial charge in [-0.05, 0) is 86.5 Å². The van der Waals surface area contributed by atoms with Crippen LogP contribution in [0, 0.1) is 11.8 Å². The summed E-state index contributed by atoms with van der Waals surface area (Å²) in [6.07, 6.45) is 16.6. The van der Waals surface area contributed by atoms with Crippen molar-refractivity contribution in [3.63, 3.8) is 0 Å². The molecule has 0 fully saturated rings. The van der Waals surface area contributed by atoms with Gasteiger partial charge >= 0.3 is 0 Å². The Hall–Kier alpha value is -2.62. The first-order valence-corrected chi connectivity index (χ1v) is 11.1. The summed E-state index contributed by atoms with van der Waals surface area (Å²) in [6, 6.07) is 4.12. The summed E-state index contributed by atoms with van der Waals surface area (Å²) in [7, 11) is 0. The van der Waals surface area contributed by atoms with Gasteiger partial charge in [0.25, 0.3) is 0 Å². The molecule has 4 nitrogen and oxygen atoms in total.